The highest BCUT2D eigenvalue weighted by molar-refractivity contribution is 5.79. The van der Waals surface area contributed by atoms with E-state index in [0.717, 1.165) is 38.9 Å². The summed E-state index contributed by atoms with van der Waals surface area (Å²) < 4.78 is 0. The minimum atomic E-state index is -1.02. The second-order valence-electron chi connectivity index (χ2n) is 6.54. The van der Waals surface area contributed by atoms with E-state index in [1.807, 2.05) is 0 Å². The Labute approximate surface area is 114 Å². The Hall–Kier alpha value is -0.650. The molecule has 2 aliphatic heterocycles. The third-order valence-corrected chi connectivity index (χ3v) is 5.08. The molecule has 2 atom stereocenters. The van der Waals surface area contributed by atoms with Gasteiger partial charge in [0.25, 0.3) is 0 Å². The van der Waals surface area contributed by atoms with Gasteiger partial charge >= 0.3 is 5.97 Å². The zero-order valence-electron chi connectivity index (χ0n) is 11.6. The molecule has 1 aliphatic carbocycles. The van der Waals surface area contributed by atoms with Gasteiger partial charge in [-0.2, -0.15) is 0 Å². The quantitative estimate of drug-likeness (QED) is 0.769. The average molecular weight is 267 g/mol. The summed E-state index contributed by atoms with van der Waals surface area (Å²) in [6.07, 6.45) is 5.63. The van der Waals surface area contributed by atoms with Crippen LogP contribution >= 0.6 is 0 Å². The van der Waals surface area contributed by atoms with E-state index in [-0.39, 0.29) is 5.92 Å². The van der Waals surface area contributed by atoms with Crippen LogP contribution in [0.2, 0.25) is 0 Å². The summed E-state index contributed by atoms with van der Waals surface area (Å²) in [5, 5.41) is 9.47. The van der Waals surface area contributed by atoms with Crippen molar-refractivity contribution < 1.29 is 9.90 Å². The van der Waals surface area contributed by atoms with Crippen molar-refractivity contribution in [3.8, 4) is 0 Å². The minimum absolute atomic E-state index is 0.188. The molecule has 0 radical (unpaired) electrons. The minimum Gasteiger partial charge on any atom is -0.480 e. The maximum absolute atomic E-state index is 11.5. The first kappa shape index (κ1) is 13.3. The van der Waals surface area contributed by atoms with Crippen LogP contribution in [-0.4, -0.2) is 65.2 Å². The maximum atomic E-state index is 11.5. The van der Waals surface area contributed by atoms with Crippen LogP contribution in [0.15, 0.2) is 0 Å². The maximum Gasteiger partial charge on any atom is 0.325 e. The van der Waals surface area contributed by atoms with Crippen LogP contribution < -0.4 is 5.73 Å². The van der Waals surface area contributed by atoms with Crippen molar-refractivity contribution in [2.45, 2.75) is 43.7 Å². The van der Waals surface area contributed by atoms with E-state index in [0.29, 0.717) is 12.6 Å². The van der Waals surface area contributed by atoms with Crippen molar-refractivity contribution in [2.24, 2.45) is 11.7 Å². The molecule has 2 saturated heterocycles. The second-order valence-corrected chi connectivity index (χ2v) is 6.54. The fraction of sp³-hybridized carbons (Fsp3) is 0.929. The molecule has 0 aromatic heterocycles. The summed E-state index contributed by atoms with van der Waals surface area (Å²) in [4.78, 5) is 16.4. The molecule has 2 heterocycles. The van der Waals surface area contributed by atoms with E-state index in [2.05, 4.69) is 9.80 Å². The van der Waals surface area contributed by atoms with E-state index >= 15 is 0 Å². The van der Waals surface area contributed by atoms with Crippen LogP contribution in [0.4, 0.5) is 0 Å². The first-order valence-electron chi connectivity index (χ1n) is 7.58. The first-order valence-corrected chi connectivity index (χ1v) is 7.58. The van der Waals surface area contributed by atoms with Gasteiger partial charge in [-0.05, 0) is 57.7 Å². The Morgan fingerprint density at radius 1 is 1.21 bits per heavy atom. The fourth-order valence-electron chi connectivity index (χ4n) is 3.77. The molecule has 3 N–H and O–H groups in total. The third kappa shape index (κ3) is 2.64. The lowest BCUT2D eigenvalue weighted by Crippen LogP contribution is -2.58. The number of carboxylic acid groups (broad SMARTS) is 1. The predicted octanol–water partition coefficient (Wildman–Crippen LogP) is 0.349. The zero-order chi connectivity index (χ0) is 13.5. The lowest BCUT2D eigenvalue weighted by molar-refractivity contribution is -0.145. The largest absolute Gasteiger partial charge is 0.480 e. The molecule has 3 aliphatic rings. The van der Waals surface area contributed by atoms with Gasteiger partial charge in [-0.15, -0.1) is 0 Å². The molecule has 3 rings (SSSR count). The number of hydrogen-bond acceptors (Lipinski definition) is 4. The molecule has 5 heteroatoms. The van der Waals surface area contributed by atoms with Crippen LogP contribution in [0.3, 0.4) is 0 Å². The van der Waals surface area contributed by atoms with Crippen molar-refractivity contribution in [3.05, 3.63) is 0 Å². The Bertz CT molecular complexity index is 359. The standard InChI is InChI=1S/C14H25N3O2/c15-14(13(18)19,11-4-5-11)10-16-6-2-8-17-7-1-3-12(17)9-16/h11-12H,1-10,15H2,(H,18,19). The number of carboxylic acids is 1. The molecule has 19 heavy (non-hydrogen) atoms. The summed E-state index contributed by atoms with van der Waals surface area (Å²) in [6, 6.07) is 0.625. The summed E-state index contributed by atoms with van der Waals surface area (Å²) in [7, 11) is 0. The molecule has 2 unspecified atom stereocenters. The Morgan fingerprint density at radius 3 is 2.63 bits per heavy atom. The number of hydrogen-bond donors (Lipinski definition) is 2. The number of carbonyl (C=O) groups is 1. The van der Waals surface area contributed by atoms with Gasteiger partial charge < -0.3 is 10.8 Å². The van der Waals surface area contributed by atoms with Gasteiger partial charge in [0.05, 0.1) is 0 Å². The van der Waals surface area contributed by atoms with Gasteiger partial charge in [0, 0.05) is 19.1 Å². The Balaban J connectivity index is 1.66. The predicted molar refractivity (Wildman–Crippen MR) is 72.9 cm³/mol. The fourth-order valence-corrected chi connectivity index (χ4v) is 3.77. The summed E-state index contributed by atoms with van der Waals surface area (Å²) >= 11 is 0. The molecular formula is C14H25N3O2. The molecule has 0 aromatic carbocycles. The highest BCUT2D eigenvalue weighted by Gasteiger charge is 2.49. The Kier molecular flexibility index (Phi) is 3.53. The number of rotatable bonds is 4. The number of nitrogens with zero attached hydrogens (tertiary/aromatic N) is 2. The van der Waals surface area contributed by atoms with Gasteiger partial charge in [0.1, 0.15) is 5.54 Å². The SMILES string of the molecule is NC(CN1CCCN2CCCC2C1)(C(=O)O)C1CC1. The number of aliphatic carboxylic acids is 1. The van der Waals surface area contributed by atoms with Crippen molar-refractivity contribution in [1.29, 1.82) is 0 Å². The van der Waals surface area contributed by atoms with Crippen LogP contribution in [0, 0.1) is 5.92 Å². The monoisotopic (exact) mass is 267 g/mol. The molecule has 0 spiro atoms. The van der Waals surface area contributed by atoms with Gasteiger partial charge in [-0.3, -0.25) is 14.6 Å². The van der Waals surface area contributed by atoms with Crippen molar-refractivity contribution in [2.75, 3.05) is 32.7 Å². The number of nitrogens with two attached hydrogens (primary N) is 1. The summed E-state index contributed by atoms with van der Waals surface area (Å²) in [5.41, 5.74) is 5.19. The smallest absolute Gasteiger partial charge is 0.325 e. The topological polar surface area (TPSA) is 69.8 Å². The van der Waals surface area contributed by atoms with Crippen LogP contribution in [0.25, 0.3) is 0 Å². The zero-order valence-corrected chi connectivity index (χ0v) is 11.6. The average Bonchev–Trinajstić information content (AvgIpc) is 3.15. The Morgan fingerprint density at radius 2 is 1.95 bits per heavy atom. The van der Waals surface area contributed by atoms with Gasteiger partial charge in [-0.25, -0.2) is 0 Å². The van der Waals surface area contributed by atoms with Crippen LogP contribution in [-0.2, 0) is 4.79 Å². The van der Waals surface area contributed by atoms with Crippen LogP contribution in [0.1, 0.15) is 32.1 Å². The van der Waals surface area contributed by atoms with Crippen molar-refractivity contribution in [3.63, 3.8) is 0 Å². The molecule has 0 aromatic rings. The normalized spacial score (nSPS) is 32.6. The molecule has 0 amide bonds. The third-order valence-electron chi connectivity index (χ3n) is 5.08. The molecule has 108 valence electrons. The molecule has 0 bridgehead atoms. The molecule has 1 saturated carbocycles. The van der Waals surface area contributed by atoms with Crippen LogP contribution in [0.5, 0.6) is 0 Å². The molecular weight excluding hydrogens is 242 g/mol. The highest BCUT2D eigenvalue weighted by atomic mass is 16.4. The second kappa shape index (κ2) is 5.04. The lowest BCUT2D eigenvalue weighted by atomic mass is 9.93. The van der Waals surface area contributed by atoms with E-state index < -0.39 is 11.5 Å². The molecule has 5 nitrogen and oxygen atoms in total. The number of fused-ring (bicyclic) bond motifs is 1. The van der Waals surface area contributed by atoms with Gasteiger partial charge in [0.15, 0.2) is 0 Å². The first-order chi connectivity index (χ1) is 9.09. The van der Waals surface area contributed by atoms with E-state index in [1.54, 1.807) is 0 Å². The van der Waals surface area contributed by atoms with Gasteiger partial charge in [0.2, 0.25) is 0 Å². The summed E-state index contributed by atoms with van der Waals surface area (Å²) in [6.45, 7) is 4.89. The van der Waals surface area contributed by atoms with Gasteiger partial charge in [-0.1, -0.05) is 0 Å². The van der Waals surface area contributed by atoms with Crippen molar-refractivity contribution >= 4 is 5.97 Å². The summed E-state index contributed by atoms with van der Waals surface area (Å²) in [5.74, 6) is -0.629. The van der Waals surface area contributed by atoms with E-state index in [1.165, 1.54) is 19.4 Å². The van der Waals surface area contributed by atoms with E-state index in [4.69, 9.17) is 5.73 Å². The van der Waals surface area contributed by atoms with Crippen molar-refractivity contribution in [1.82, 2.24) is 9.80 Å². The lowest BCUT2D eigenvalue weighted by Gasteiger charge is -2.33. The highest BCUT2D eigenvalue weighted by Crippen LogP contribution is 2.39. The molecule has 3 fully saturated rings. The van der Waals surface area contributed by atoms with E-state index in [9.17, 15) is 9.90 Å².